The molecule has 0 radical (unpaired) electrons. The van der Waals surface area contributed by atoms with Crippen LogP contribution in [0.3, 0.4) is 0 Å². The van der Waals surface area contributed by atoms with Crippen molar-refractivity contribution >= 4 is 5.69 Å². The second-order valence-electron chi connectivity index (χ2n) is 4.07. The molecule has 18 heavy (non-hydrogen) atoms. The van der Waals surface area contributed by atoms with Gasteiger partial charge in [0.25, 0.3) is 0 Å². The van der Waals surface area contributed by atoms with Gasteiger partial charge in [-0.1, -0.05) is 0 Å². The number of benzene rings is 1. The Bertz CT molecular complexity index is 406. The van der Waals surface area contributed by atoms with Crippen LogP contribution in [0.15, 0.2) is 18.2 Å². The maximum Gasteiger partial charge on any atom is 0.419 e. The van der Waals surface area contributed by atoms with E-state index in [2.05, 4.69) is 5.32 Å². The van der Waals surface area contributed by atoms with Gasteiger partial charge in [0.2, 0.25) is 0 Å². The van der Waals surface area contributed by atoms with E-state index in [0.29, 0.717) is 0 Å². The fourth-order valence-electron chi connectivity index (χ4n) is 1.42. The summed E-state index contributed by atoms with van der Waals surface area (Å²) in [5, 5.41) is 2.84. The second kappa shape index (κ2) is 5.56. The zero-order valence-electron chi connectivity index (χ0n) is 10.3. The van der Waals surface area contributed by atoms with Gasteiger partial charge in [0.05, 0.1) is 11.7 Å². The standard InChI is InChI=1S/C12H15F4NO/c1-7(8(2)18-3)17-9-4-5-11(13)10(6-9)12(14,15)16/h4-8,17H,1-3H3. The number of alkyl halides is 3. The van der Waals surface area contributed by atoms with Crippen molar-refractivity contribution in [3.05, 3.63) is 29.6 Å². The molecule has 1 N–H and O–H groups in total. The van der Waals surface area contributed by atoms with Crippen LogP contribution < -0.4 is 5.32 Å². The van der Waals surface area contributed by atoms with Gasteiger partial charge in [-0.15, -0.1) is 0 Å². The zero-order valence-corrected chi connectivity index (χ0v) is 10.3. The molecule has 2 nitrogen and oxygen atoms in total. The first kappa shape index (κ1) is 14.8. The number of methoxy groups -OCH3 is 1. The van der Waals surface area contributed by atoms with Crippen molar-refractivity contribution in [1.29, 1.82) is 0 Å². The topological polar surface area (TPSA) is 21.3 Å². The Morgan fingerprint density at radius 3 is 2.33 bits per heavy atom. The zero-order chi connectivity index (χ0) is 13.9. The number of hydrogen-bond acceptors (Lipinski definition) is 2. The maximum atomic E-state index is 13.1. The van der Waals surface area contributed by atoms with E-state index in [0.717, 1.165) is 12.1 Å². The van der Waals surface area contributed by atoms with Crippen molar-refractivity contribution in [1.82, 2.24) is 0 Å². The van der Waals surface area contributed by atoms with Gasteiger partial charge < -0.3 is 10.1 Å². The predicted octanol–water partition coefficient (Wildman–Crippen LogP) is 3.68. The van der Waals surface area contributed by atoms with E-state index in [1.54, 1.807) is 13.8 Å². The lowest BCUT2D eigenvalue weighted by molar-refractivity contribution is -0.139. The molecule has 1 aromatic carbocycles. The fourth-order valence-corrected chi connectivity index (χ4v) is 1.42. The fraction of sp³-hybridized carbons (Fsp3) is 0.500. The van der Waals surface area contributed by atoms with Crippen molar-refractivity contribution in [3.63, 3.8) is 0 Å². The second-order valence-corrected chi connectivity index (χ2v) is 4.07. The van der Waals surface area contributed by atoms with Gasteiger partial charge in [0, 0.05) is 18.8 Å². The molecular formula is C12H15F4NO. The average molecular weight is 265 g/mol. The molecule has 102 valence electrons. The van der Waals surface area contributed by atoms with E-state index < -0.39 is 17.6 Å². The third kappa shape index (κ3) is 3.60. The molecule has 0 fully saturated rings. The summed E-state index contributed by atoms with van der Waals surface area (Å²) in [6, 6.07) is 2.63. The third-order valence-electron chi connectivity index (χ3n) is 2.74. The van der Waals surface area contributed by atoms with E-state index in [4.69, 9.17) is 4.74 Å². The molecule has 0 saturated heterocycles. The summed E-state index contributed by atoms with van der Waals surface area (Å²) >= 11 is 0. The molecule has 2 atom stereocenters. The first-order valence-corrected chi connectivity index (χ1v) is 5.41. The Labute approximate surface area is 103 Å². The third-order valence-corrected chi connectivity index (χ3v) is 2.74. The van der Waals surface area contributed by atoms with Crippen LogP contribution in [0.5, 0.6) is 0 Å². The van der Waals surface area contributed by atoms with E-state index in [-0.39, 0.29) is 17.8 Å². The Hall–Kier alpha value is -1.30. The molecule has 0 aromatic heterocycles. The summed E-state index contributed by atoms with van der Waals surface area (Å²) in [6.45, 7) is 3.55. The Kier molecular flexibility index (Phi) is 4.56. The summed E-state index contributed by atoms with van der Waals surface area (Å²) < 4.78 is 55.6. The normalized spacial score (nSPS) is 15.3. The first-order chi connectivity index (χ1) is 8.25. The largest absolute Gasteiger partial charge is 0.419 e. The predicted molar refractivity (Wildman–Crippen MR) is 61.0 cm³/mol. The highest BCUT2D eigenvalue weighted by atomic mass is 19.4. The minimum absolute atomic E-state index is 0.176. The van der Waals surface area contributed by atoms with Gasteiger partial charge in [-0.05, 0) is 32.0 Å². The highest BCUT2D eigenvalue weighted by molar-refractivity contribution is 5.47. The summed E-state index contributed by atoms with van der Waals surface area (Å²) in [5.41, 5.74) is -1.06. The van der Waals surface area contributed by atoms with Crippen LogP contribution in [0.25, 0.3) is 0 Å². The molecular weight excluding hydrogens is 250 g/mol. The molecule has 0 bridgehead atoms. The summed E-state index contributed by atoms with van der Waals surface area (Å²) in [7, 11) is 1.51. The first-order valence-electron chi connectivity index (χ1n) is 5.41. The highest BCUT2D eigenvalue weighted by Gasteiger charge is 2.34. The van der Waals surface area contributed by atoms with Crippen LogP contribution in [0, 0.1) is 5.82 Å². The van der Waals surface area contributed by atoms with Gasteiger partial charge >= 0.3 is 6.18 Å². The van der Waals surface area contributed by atoms with Crippen molar-refractivity contribution in [2.24, 2.45) is 0 Å². The molecule has 0 saturated carbocycles. The highest BCUT2D eigenvalue weighted by Crippen LogP contribution is 2.33. The van der Waals surface area contributed by atoms with Crippen LogP contribution in [-0.2, 0) is 10.9 Å². The van der Waals surface area contributed by atoms with Crippen LogP contribution in [0.2, 0.25) is 0 Å². The number of hydrogen-bond donors (Lipinski definition) is 1. The summed E-state index contributed by atoms with van der Waals surface area (Å²) in [5.74, 6) is -1.28. The Morgan fingerprint density at radius 2 is 1.83 bits per heavy atom. The molecule has 0 spiro atoms. The van der Waals surface area contributed by atoms with E-state index >= 15 is 0 Å². The molecule has 0 amide bonds. The maximum absolute atomic E-state index is 13.1. The van der Waals surface area contributed by atoms with Crippen LogP contribution in [0.4, 0.5) is 23.2 Å². The van der Waals surface area contributed by atoms with E-state index in [1.165, 1.54) is 13.2 Å². The molecule has 1 aromatic rings. The molecule has 0 aliphatic rings. The molecule has 2 unspecified atom stereocenters. The van der Waals surface area contributed by atoms with Gasteiger partial charge in [0.15, 0.2) is 0 Å². The van der Waals surface area contributed by atoms with Crippen LogP contribution >= 0.6 is 0 Å². The number of nitrogens with one attached hydrogen (secondary N) is 1. The number of halogens is 4. The van der Waals surface area contributed by atoms with Crippen molar-refractivity contribution in [2.75, 3.05) is 12.4 Å². The lowest BCUT2D eigenvalue weighted by atomic mass is 10.1. The van der Waals surface area contributed by atoms with Crippen molar-refractivity contribution < 1.29 is 22.3 Å². The molecule has 1 rings (SSSR count). The summed E-state index contributed by atoms with van der Waals surface area (Å²) in [6.07, 6.45) is -4.87. The Morgan fingerprint density at radius 1 is 1.22 bits per heavy atom. The van der Waals surface area contributed by atoms with Crippen LogP contribution in [-0.4, -0.2) is 19.3 Å². The number of ether oxygens (including phenoxy) is 1. The smallest absolute Gasteiger partial charge is 0.380 e. The van der Waals surface area contributed by atoms with E-state index in [9.17, 15) is 17.6 Å². The lowest BCUT2D eigenvalue weighted by Gasteiger charge is -2.21. The molecule has 0 aliphatic heterocycles. The quantitative estimate of drug-likeness (QED) is 0.838. The van der Waals surface area contributed by atoms with E-state index in [1.807, 2.05) is 0 Å². The van der Waals surface area contributed by atoms with Gasteiger partial charge in [-0.3, -0.25) is 0 Å². The number of anilines is 1. The van der Waals surface area contributed by atoms with Crippen molar-refractivity contribution in [2.45, 2.75) is 32.2 Å². The molecule has 0 aliphatic carbocycles. The van der Waals surface area contributed by atoms with Crippen LogP contribution in [0.1, 0.15) is 19.4 Å². The van der Waals surface area contributed by atoms with Gasteiger partial charge in [0.1, 0.15) is 5.82 Å². The molecule has 6 heteroatoms. The minimum atomic E-state index is -4.70. The number of rotatable bonds is 4. The minimum Gasteiger partial charge on any atom is -0.380 e. The Balaban J connectivity index is 2.92. The molecule has 0 heterocycles. The van der Waals surface area contributed by atoms with Gasteiger partial charge in [-0.2, -0.15) is 13.2 Å². The SMILES string of the molecule is COC(C)C(C)Nc1ccc(F)c(C(F)(F)F)c1. The van der Waals surface area contributed by atoms with Crippen molar-refractivity contribution in [3.8, 4) is 0 Å². The lowest BCUT2D eigenvalue weighted by Crippen LogP contribution is -2.29. The van der Waals surface area contributed by atoms with Gasteiger partial charge in [-0.25, -0.2) is 4.39 Å². The monoisotopic (exact) mass is 265 g/mol. The summed E-state index contributed by atoms with van der Waals surface area (Å²) in [4.78, 5) is 0. The average Bonchev–Trinajstić information content (AvgIpc) is 2.29.